The van der Waals surface area contributed by atoms with E-state index in [1.165, 1.54) is 0 Å². The van der Waals surface area contributed by atoms with Crippen molar-refractivity contribution < 1.29 is 9.90 Å². The van der Waals surface area contributed by atoms with E-state index in [9.17, 15) is 9.90 Å². The number of nitrogens with zero attached hydrogens (tertiary/aromatic N) is 2. The van der Waals surface area contributed by atoms with E-state index >= 15 is 0 Å². The summed E-state index contributed by atoms with van der Waals surface area (Å²) in [6.45, 7) is 10.8. The van der Waals surface area contributed by atoms with Gasteiger partial charge in [0.25, 0.3) is 0 Å². The van der Waals surface area contributed by atoms with E-state index in [0.717, 1.165) is 16.9 Å². The normalized spacial score (nSPS) is 13.2. The predicted octanol–water partition coefficient (Wildman–Crippen LogP) is 2.53. The molecule has 0 aromatic carbocycles. The van der Waals surface area contributed by atoms with Crippen molar-refractivity contribution in [3.8, 4) is 0 Å². The van der Waals surface area contributed by atoms with Crippen LogP contribution in [0.25, 0.3) is 5.65 Å². The van der Waals surface area contributed by atoms with E-state index in [2.05, 4.69) is 15.6 Å². The molecular weight excluding hydrogens is 316 g/mol. The average Bonchev–Trinajstić information content (AvgIpc) is 2.96. The number of aliphatic hydroxyl groups is 1. The predicted molar refractivity (Wildman–Crippen MR) is 99.7 cm³/mol. The summed E-state index contributed by atoms with van der Waals surface area (Å²) in [4.78, 5) is 16.6. The molecule has 2 rings (SSSR count). The Morgan fingerprint density at radius 1 is 1.36 bits per heavy atom. The number of hydrogen-bond donors (Lipinski definition) is 3. The lowest BCUT2D eigenvalue weighted by atomic mass is 9.81. The number of amides is 2. The molecule has 2 aromatic rings. The molecule has 1 atom stereocenters. The molecule has 0 unspecified atom stereocenters. The number of rotatable bonds is 7. The van der Waals surface area contributed by atoms with Crippen molar-refractivity contribution in [3.05, 3.63) is 35.8 Å². The van der Waals surface area contributed by atoms with Crippen LogP contribution in [0.3, 0.4) is 0 Å². The fraction of sp³-hybridized carbons (Fsp3) is 0.579. The van der Waals surface area contributed by atoms with Gasteiger partial charge in [-0.1, -0.05) is 33.8 Å². The number of fused-ring (bicyclic) bond motifs is 1. The number of nitrogens with one attached hydrogen (secondary N) is 2. The first kappa shape index (κ1) is 19.2. The van der Waals surface area contributed by atoms with Crippen molar-refractivity contribution in [2.24, 2.45) is 11.3 Å². The molecule has 3 N–H and O–H groups in total. The van der Waals surface area contributed by atoms with Crippen molar-refractivity contribution in [3.63, 3.8) is 0 Å². The summed E-state index contributed by atoms with van der Waals surface area (Å²) in [6.07, 6.45) is 4.17. The van der Waals surface area contributed by atoms with Crippen LogP contribution in [0.2, 0.25) is 0 Å². The van der Waals surface area contributed by atoms with Gasteiger partial charge in [0.15, 0.2) is 0 Å². The van der Waals surface area contributed by atoms with E-state index < -0.39 is 6.10 Å². The highest BCUT2D eigenvalue weighted by molar-refractivity contribution is 5.73. The summed E-state index contributed by atoms with van der Waals surface area (Å²) in [5.74, 6) is 0.151. The van der Waals surface area contributed by atoms with Crippen LogP contribution in [-0.2, 0) is 6.42 Å². The SMILES string of the molecule is Cc1cccn2cc(CCNC(=O)NCC(C)(C)[C@@H](O)C(C)C)nc12. The molecule has 0 saturated carbocycles. The Labute approximate surface area is 149 Å². The highest BCUT2D eigenvalue weighted by Crippen LogP contribution is 2.24. The Kier molecular flexibility index (Phi) is 6.06. The second-order valence-corrected chi connectivity index (χ2v) is 7.69. The van der Waals surface area contributed by atoms with Crippen molar-refractivity contribution in [1.82, 2.24) is 20.0 Å². The van der Waals surface area contributed by atoms with E-state index in [-0.39, 0.29) is 17.4 Å². The van der Waals surface area contributed by atoms with Crippen molar-refractivity contribution in [2.45, 2.75) is 47.1 Å². The molecule has 138 valence electrons. The average molecular weight is 346 g/mol. The minimum absolute atomic E-state index is 0.151. The first-order valence-electron chi connectivity index (χ1n) is 8.83. The molecule has 6 heteroatoms. The molecular formula is C19H30N4O2. The van der Waals surface area contributed by atoms with Crippen molar-refractivity contribution in [1.29, 1.82) is 0 Å². The number of urea groups is 1. The molecule has 0 aliphatic rings. The second-order valence-electron chi connectivity index (χ2n) is 7.69. The minimum atomic E-state index is -0.464. The van der Waals surface area contributed by atoms with Crippen molar-refractivity contribution >= 4 is 11.7 Å². The molecule has 0 saturated heterocycles. The van der Waals surface area contributed by atoms with Gasteiger partial charge >= 0.3 is 6.03 Å². The van der Waals surface area contributed by atoms with Crippen LogP contribution in [0.1, 0.15) is 39.0 Å². The number of carbonyl (C=O) groups is 1. The number of aromatic nitrogens is 2. The first-order valence-corrected chi connectivity index (χ1v) is 8.83. The van der Waals surface area contributed by atoms with Crippen LogP contribution in [-0.4, -0.2) is 39.7 Å². The zero-order valence-corrected chi connectivity index (χ0v) is 15.8. The monoisotopic (exact) mass is 346 g/mol. The Hall–Kier alpha value is -2.08. The summed E-state index contributed by atoms with van der Waals surface area (Å²) < 4.78 is 2.00. The van der Waals surface area contributed by atoms with Gasteiger partial charge in [-0.05, 0) is 24.5 Å². The third kappa shape index (κ3) is 4.95. The van der Waals surface area contributed by atoms with Gasteiger partial charge in [-0.15, -0.1) is 0 Å². The van der Waals surface area contributed by atoms with E-state index in [4.69, 9.17) is 0 Å². The summed E-state index contributed by atoms with van der Waals surface area (Å²) in [6, 6.07) is 3.81. The number of carbonyl (C=O) groups excluding carboxylic acids is 1. The van der Waals surface area contributed by atoms with Crippen LogP contribution in [0.4, 0.5) is 4.79 Å². The van der Waals surface area contributed by atoms with Crippen LogP contribution in [0, 0.1) is 18.3 Å². The second kappa shape index (κ2) is 7.87. The molecule has 0 radical (unpaired) electrons. The van der Waals surface area contributed by atoms with E-state index in [0.29, 0.717) is 19.5 Å². The number of imidazole rings is 1. The number of pyridine rings is 1. The van der Waals surface area contributed by atoms with Crippen molar-refractivity contribution in [2.75, 3.05) is 13.1 Å². The smallest absolute Gasteiger partial charge is 0.314 e. The van der Waals surface area contributed by atoms with Gasteiger partial charge in [-0.25, -0.2) is 9.78 Å². The first-order chi connectivity index (χ1) is 11.7. The Morgan fingerprint density at radius 3 is 2.72 bits per heavy atom. The minimum Gasteiger partial charge on any atom is -0.392 e. The Balaban J connectivity index is 1.79. The highest BCUT2D eigenvalue weighted by atomic mass is 16.3. The summed E-state index contributed by atoms with van der Waals surface area (Å²) in [5, 5.41) is 15.9. The standard InChI is InChI=1S/C19H30N4O2/c1-13(2)16(24)19(4,5)12-21-18(25)20-9-8-15-11-23-10-6-7-14(3)17(23)22-15/h6-7,10-11,13,16,24H,8-9,12H2,1-5H3,(H2,20,21,25)/t16-/m0/s1. The van der Waals surface area contributed by atoms with Gasteiger partial charge in [-0.3, -0.25) is 0 Å². The zero-order chi connectivity index (χ0) is 18.6. The maximum absolute atomic E-state index is 12.0. The quantitative estimate of drug-likeness (QED) is 0.721. The lowest BCUT2D eigenvalue weighted by Crippen LogP contribution is -2.46. The largest absolute Gasteiger partial charge is 0.392 e. The van der Waals surface area contributed by atoms with Gasteiger partial charge in [0, 0.05) is 37.3 Å². The molecule has 6 nitrogen and oxygen atoms in total. The topological polar surface area (TPSA) is 78.7 Å². The van der Waals surface area contributed by atoms with Crippen LogP contribution >= 0.6 is 0 Å². The van der Waals surface area contributed by atoms with E-state index in [1.807, 2.05) is 63.5 Å². The van der Waals surface area contributed by atoms with Gasteiger partial charge in [0.2, 0.25) is 0 Å². The molecule has 0 aliphatic carbocycles. The maximum Gasteiger partial charge on any atom is 0.314 e. The zero-order valence-electron chi connectivity index (χ0n) is 15.8. The molecule has 0 bridgehead atoms. The van der Waals surface area contributed by atoms with Gasteiger partial charge < -0.3 is 20.1 Å². The van der Waals surface area contributed by atoms with Gasteiger partial charge in [-0.2, -0.15) is 0 Å². The van der Waals surface area contributed by atoms with Gasteiger partial charge in [0.05, 0.1) is 11.8 Å². The third-order valence-electron chi connectivity index (χ3n) is 4.53. The third-order valence-corrected chi connectivity index (χ3v) is 4.53. The molecule has 0 fully saturated rings. The Morgan fingerprint density at radius 2 is 2.08 bits per heavy atom. The maximum atomic E-state index is 12.0. The van der Waals surface area contributed by atoms with Crippen LogP contribution < -0.4 is 10.6 Å². The lowest BCUT2D eigenvalue weighted by Gasteiger charge is -2.33. The molecule has 2 heterocycles. The number of aliphatic hydroxyl groups excluding tert-OH is 1. The molecule has 0 aliphatic heterocycles. The summed E-state index contributed by atoms with van der Waals surface area (Å²) in [7, 11) is 0. The van der Waals surface area contributed by atoms with Gasteiger partial charge in [0.1, 0.15) is 5.65 Å². The number of aryl methyl sites for hydroxylation is 1. The molecule has 25 heavy (non-hydrogen) atoms. The van der Waals surface area contributed by atoms with Crippen LogP contribution in [0.15, 0.2) is 24.5 Å². The van der Waals surface area contributed by atoms with Crippen LogP contribution in [0.5, 0.6) is 0 Å². The summed E-state index contributed by atoms with van der Waals surface area (Å²) >= 11 is 0. The molecule has 2 amide bonds. The summed E-state index contributed by atoms with van der Waals surface area (Å²) in [5.41, 5.74) is 2.66. The molecule has 0 spiro atoms. The highest BCUT2D eigenvalue weighted by Gasteiger charge is 2.30. The number of hydrogen-bond acceptors (Lipinski definition) is 3. The lowest BCUT2D eigenvalue weighted by molar-refractivity contribution is 0.0151. The fourth-order valence-electron chi connectivity index (χ4n) is 3.01. The Bertz CT molecular complexity index is 721. The fourth-order valence-corrected chi connectivity index (χ4v) is 3.01. The van der Waals surface area contributed by atoms with E-state index in [1.54, 1.807) is 0 Å². The molecule has 2 aromatic heterocycles.